The number of hydrogen-bond acceptors (Lipinski definition) is 2. The smallest absolute Gasteiger partial charge is 0.165 e. The Kier molecular flexibility index (Phi) is 4.31. The molecule has 82 valence electrons. The Balaban J connectivity index is 2.44. The number of phenolic OH excluding ortho intramolecular Hbond substituents is 1. The molecule has 0 radical (unpaired) electrons. The van der Waals surface area contributed by atoms with Crippen molar-refractivity contribution in [2.45, 2.75) is 20.4 Å². The molecule has 0 fully saturated rings. The van der Waals surface area contributed by atoms with Crippen molar-refractivity contribution in [2.24, 2.45) is 0 Å². The van der Waals surface area contributed by atoms with Crippen LogP contribution in [0.3, 0.4) is 0 Å². The molecule has 0 aromatic heterocycles. The molecule has 0 saturated carbocycles. The Labute approximate surface area is 89.4 Å². The molecule has 0 amide bonds. The Bertz CT molecular complexity index is 357. The molecule has 3 heteroatoms. The summed E-state index contributed by atoms with van der Waals surface area (Å²) in [4.78, 5) is 0. The molecule has 2 N–H and O–H groups in total. The van der Waals surface area contributed by atoms with Gasteiger partial charge < -0.3 is 10.4 Å². The van der Waals surface area contributed by atoms with Gasteiger partial charge in [-0.3, -0.25) is 0 Å². The van der Waals surface area contributed by atoms with E-state index in [-0.39, 0.29) is 5.75 Å². The Morgan fingerprint density at radius 2 is 2.20 bits per heavy atom. The van der Waals surface area contributed by atoms with Crippen LogP contribution in [0.25, 0.3) is 0 Å². The molecule has 0 aliphatic heterocycles. The normalized spacial score (nSPS) is 10.1. The predicted octanol–water partition coefficient (Wildman–Crippen LogP) is 2.59. The number of rotatable bonds is 4. The van der Waals surface area contributed by atoms with Gasteiger partial charge in [-0.25, -0.2) is 4.39 Å². The summed E-state index contributed by atoms with van der Waals surface area (Å²) in [6.07, 6.45) is 2.07. The number of nitrogens with one attached hydrogen (secondary N) is 1. The molecule has 0 heterocycles. The summed E-state index contributed by atoms with van der Waals surface area (Å²) in [5.41, 5.74) is 2.08. The van der Waals surface area contributed by atoms with Gasteiger partial charge in [-0.15, -0.1) is 0 Å². The van der Waals surface area contributed by atoms with Gasteiger partial charge in [-0.1, -0.05) is 17.7 Å². The van der Waals surface area contributed by atoms with Crippen LogP contribution in [0.4, 0.5) is 4.39 Å². The van der Waals surface area contributed by atoms with Gasteiger partial charge >= 0.3 is 0 Å². The van der Waals surface area contributed by atoms with E-state index in [0.717, 1.165) is 12.1 Å². The molecule has 0 unspecified atom stereocenters. The molecule has 1 aromatic carbocycles. The standard InChI is InChI=1S/C12H16FNO/c1-9(2)5-6-14-8-10-3-4-12(15)11(13)7-10/h3-5,7,14-15H,6,8H2,1-2H3. The lowest BCUT2D eigenvalue weighted by atomic mass is 10.2. The van der Waals surface area contributed by atoms with Crippen molar-refractivity contribution in [1.82, 2.24) is 5.32 Å². The van der Waals surface area contributed by atoms with E-state index >= 15 is 0 Å². The van der Waals surface area contributed by atoms with Gasteiger partial charge in [-0.05, 0) is 31.5 Å². The number of allylic oxidation sites excluding steroid dienone is 1. The van der Waals surface area contributed by atoms with E-state index < -0.39 is 5.82 Å². The third kappa shape index (κ3) is 4.13. The molecule has 1 aromatic rings. The van der Waals surface area contributed by atoms with Gasteiger partial charge in [0.2, 0.25) is 0 Å². The number of benzene rings is 1. The molecule has 0 spiro atoms. The predicted molar refractivity (Wildman–Crippen MR) is 59.2 cm³/mol. The van der Waals surface area contributed by atoms with E-state index in [1.807, 2.05) is 13.8 Å². The SMILES string of the molecule is CC(C)=CCNCc1ccc(O)c(F)c1. The molecule has 0 bridgehead atoms. The van der Waals surface area contributed by atoms with Gasteiger partial charge in [-0.2, -0.15) is 0 Å². The molecular formula is C12H16FNO. The second-order valence-electron chi connectivity index (χ2n) is 3.70. The van der Waals surface area contributed by atoms with Crippen LogP contribution in [0.1, 0.15) is 19.4 Å². The van der Waals surface area contributed by atoms with Crippen LogP contribution in [0.2, 0.25) is 0 Å². The zero-order valence-electron chi connectivity index (χ0n) is 9.05. The lowest BCUT2D eigenvalue weighted by Gasteiger charge is -2.03. The summed E-state index contributed by atoms with van der Waals surface area (Å²) in [5.74, 6) is -0.875. The van der Waals surface area contributed by atoms with Crippen molar-refractivity contribution >= 4 is 0 Å². The average Bonchev–Trinajstić information content (AvgIpc) is 2.18. The summed E-state index contributed by atoms with van der Waals surface area (Å²) in [7, 11) is 0. The fraction of sp³-hybridized carbons (Fsp3) is 0.333. The zero-order valence-corrected chi connectivity index (χ0v) is 9.05. The van der Waals surface area contributed by atoms with E-state index in [0.29, 0.717) is 6.54 Å². The number of phenols is 1. The quantitative estimate of drug-likeness (QED) is 0.590. The maximum atomic E-state index is 12.9. The van der Waals surface area contributed by atoms with Crippen LogP contribution in [-0.2, 0) is 6.54 Å². The van der Waals surface area contributed by atoms with Crippen molar-refractivity contribution in [3.8, 4) is 5.75 Å². The van der Waals surface area contributed by atoms with E-state index in [2.05, 4.69) is 11.4 Å². The molecule has 0 atom stereocenters. The third-order valence-corrected chi connectivity index (χ3v) is 2.00. The van der Waals surface area contributed by atoms with Gasteiger partial charge in [0, 0.05) is 13.1 Å². The maximum absolute atomic E-state index is 12.9. The van der Waals surface area contributed by atoms with Crippen molar-refractivity contribution in [1.29, 1.82) is 0 Å². The van der Waals surface area contributed by atoms with Gasteiger partial charge in [0.1, 0.15) is 0 Å². The minimum Gasteiger partial charge on any atom is -0.505 e. The van der Waals surface area contributed by atoms with Gasteiger partial charge in [0.05, 0.1) is 0 Å². The maximum Gasteiger partial charge on any atom is 0.165 e. The topological polar surface area (TPSA) is 32.3 Å². The minimum absolute atomic E-state index is 0.303. The zero-order chi connectivity index (χ0) is 11.3. The first-order chi connectivity index (χ1) is 7.09. The summed E-state index contributed by atoms with van der Waals surface area (Å²) in [6.45, 7) is 5.43. The summed E-state index contributed by atoms with van der Waals surface area (Å²) >= 11 is 0. The Morgan fingerprint density at radius 1 is 1.47 bits per heavy atom. The van der Waals surface area contributed by atoms with E-state index in [9.17, 15) is 4.39 Å². The monoisotopic (exact) mass is 209 g/mol. The second-order valence-corrected chi connectivity index (χ2v) is 3.70. The number of aromatic hydroxyl groups is 1. The third-order valence-electron chi connectivity index (χ3n) is 2.00. The Hall–Kier alpha value is -1.35. The van der Waals surface area contributed by atoms with Gasteiger partial charge in [0.15, 0.2) is 11.6 Å². The van der Waals surface area contributed by atoms with Crippen molar-refractivity contribution < 1.29 is 9.50 Å². The highest BCUT2D eigenvalue weighted by atomic mass is 19.1. The molecule has 0 aliphatic rings. The van der Waals surface area contributed by atoms with Crippen molar-refractivity contribution in [3.05, 3.63) is 41.2 Å². The molecule has 0 aliphatic carbocycles. The average molecular weight is 209 g/mol. The number of halogens is 1. The first kappa shape index (κ1) is 11.7. The van der Waals surface area contributed by atoms with Crippen LogP contribution >= 0.6 is 0 Å². The van der Waals surface area contributed by atoms with E-state index in [1.165, 1.54) is 17.7 Å². The first-order valence-electron chi connectivity index (χ1n) is 4.91. The van der Waals surface area contributed by atoms with Crippen LogP contribution < -0.4 is 5.32 Å². The highest BCUT2D eigenvalue weighted by molar-refractivity contribution is 5.27. The van der Waals surface area contributed by atoms with Crippen LogP contribution in [-0.4, -0.2) is 11.7 Å². The van der Waals surface area contributed by atoms with Gasteiger partial charge in [0.25, 0.3) is 0 Å². The molecule has 1 rings (SSSR count). The Morgan fingerprint density at radius 3 is 2.80 bits per heavy atom. The second kappa shape index (κ2) is 5.51. The fourth-order valence-corrected chi connectivity index (χ4v) is 1.15. The minimum atomic E-state index is -0.573. The summed E-state index contributed by atoms with van der Waals surface area (Å²) in [6, 6.07) is 4.41. The fourth-order valence-electron chi connectivity index (χ4n) is 1.15. The molecule has 0 saturated heterocycles. The van der Waals surface area contributed by atoms with Crippen LogP contribution in [0, 0.1) is 5.82 Å². The lowest BCUT2D eigenvalue weighted by Crippen LogP contribution is -2.13. The van der Waals surface area contributed by atoms with Crippen LogP contribution in [0.15, 0.2) is 29.8 Å². The van der Waals surface area contributed by atoms with Crippen molar-refractivity contribution in [3.63, 3.8) is 0 Å². The largest absolute Gasteiger partial charge is 0.505 e. The first-order valence-corrected chi connectivity index (χ1v) is 4.91. The molecule has 2 nitrogen and oxygen atoms in total. The highest BCUT2D eigenvalue weighted by Crippen LogP contribution is 2.15. The molecule has 15 heavy (non-hydrogen) atoms. The summed E-state index contributed by atoms with van der Waals surface area (Å²) in [5, 5.41) is 12.1. The lowest BCUT2D eigenvalue weighted by molar-refractivity contribution is 0.431. The number of hydrogen-bond donors (Lipinski definition) is 2. The summed E-state index contributed by atoms with van der Waals surface area (Å²) < 4.78 is 12.9. The van der Waals surface area contributed by atoms with Crippen LogP contribution in [0.5, 0.6) is 5.75 Å². The highest BCUT2D eigenvalue weighted by Gasteiger charge is 2.00. The van der Waals surface area contributed by atoms with E-state index in [4.69, 9.17) is 5.11 Å². The van der Waals surface area contributed by atoms with Crippen molar-refractivity contribution in [2.75, 3.05) is 6.54 Å². The van der Waals surface area contributed by atoms with E-state index in [1.54, 1.807) is 6.07 Å². The molecular weight excluding hydrogens is 193 g/mol.